The lowest BCUT2D eigenvalue weighted by atomic mass is 10.1. The fraction of sp³-hybridized carbons (Fsp3) is 0.556. The molecule has 1 aromatic rings. The van der Waals surface area contributed by atoms with Gasteiger partial charge in [0.15, 0.2) is 6.33 Å². The minimum Gasteiger partial charge on any atom is -0.233 e. The van der Waals surface area contributed by atoms with Crippen LogP contribution in [0.25, 0.3) is 0 Å². The van der Waals surface area contributed by atoms with Crippen LogP contribution in [0.15, 0.2) is 6.20 Å². The van der Waals surface area contributed by atoms with Crippen LogP contribution in [0.5, 0.6) is 0 Å². The van der Waals surface area contributed by atoms with Crippen LogP contribution < -0.4 is 0 Å². The summed E-state index contributed by atoms with van der Waals surface area (Å²) in [6.45, 7) is 2.02. The molecule has 1 fully saturated rings. The highest BCUT2D eigenvalue weighted by Crippen LogP contribution is 2.32. The van der Waals surface area contributed by atoms with Gasteiger partial charge in [0.25, 0.3) is 0 Å². The zero-order valence-corrected chi connectivity index (χ0v) is 6.67. The molecule has 1 radical (unpaired) electrons. The van der Waals surface area contributed by atoms with E-state index in [0.29, 0.717) is 0 Å². The van der Waals surface area contributed by atoms with Crippen LogP contribution in [0, 0.1) is 19.2 Å². The summed E-state index contributed by atoms with van der Waals surface area (Å²) in [5.74, 6) is 0.916. The third-order valence-corrected chi connectivity index (χ3v) is 2.17. The molecule has 0 unspecified atom stereocenters. The number of hydrogen-bond donors (Lipinski definition) is 0. The molecule has 0 aliphatic heterocycles. The van der Waals surface area contributed by atoms with E-state index in [-0.39, 0.29) is 0 Å². The van der Waals surface area contributed by atoms with Gasteiger partial charge in [-0.1, -0.05) is 0 Å². The molecule has 0 amide bonds. The van der Waals surface area contributed by atoms with Gasteiger partial charge in [-0.05, 0) is 37.7 Å². The lowest BCUT2D eigenvalue weighted by Crippen LogP contribution is -1.95. The zero-order chi connectivity index (χ0) is 7.68. The average Bonchev–Trinajstić information content (AvgIpc) is 2.78. The van der Waals surface area contributed by atoms with E-state index in [1.54, 1.807) is 0 Å². The van der Waals surface area contributed by atoms with Crippen molar-refractivity contribution in [2.24, 2.45) is 5.92 Å². The van der Waals surface area contributed by atoms with Gasteiger partial charge in [0.2, 0.25) is 0 Å². The van der Waals surface area contributed by atoms with Crippen LogP contribution in [0.2, 0.25) is 0 Å². The molecule has 1 saturated carbocycles. The minimum atomic E-state index is 0.916. The summed E-state index contributed by atoms with van der Waals surface area (Å²) >= 11 is 0. The highest BCUT2D eigenvalue weighted by molar-refractivity contribution is 5.15. The maximum absolute atomic E-state index is 4.02. The number of nitrogens with zero attached hydrogens (tertiary/aromatic N) is 2. The van der Waals surface area contributed by atoms with E-state index in [9.17, 15) is 0 Å². The van der Waals surface area contributed by atoms with Crippen LogP contribution in [0.3, 0.4) is 0 Å². The van der Waals surface area contributed by atoms with E-state index >= 15 is 0 Å². The lowest BCUT2D eigenvalue weighted by molar-refractivity contribution is 0.808. The molecule has 1 aromatic heterocycles. The lowest BCUT2D eigenvalue weighted by Gasteiger charge is -1.99. The van der Waals surface area contributed by atoms with E-state index < -0.39 is 0 Å². The third-order valence-electron chi connectivity index (χ3n) is 2.17. The molecule has 57 valence electrons. The number of aryl methyl sites for hydroxylation is 1. The van der Waals surface area contributed by atoms with Gasteiger partial charge in [-0.2, -0.15) is 0 Å². The molecule has 2 rings (SSSR count). The van der Waals surface area contributed by atoms with Crippen molar-refractivity contribution in [3.05, 3.63) is 23.8 Å². The number of hydrogen-bond acceptors (Lipinski definition) is 2. The second-order valence-corrected chi connectivity index (χ2v) is 3.23. The Morgan fingerprint density at radius 3 is 3.09 bits per heavy atom. The first kappa shape index (κ1) is 6.77. The highest BCUT2D eigenvalue weighted by atomic mass is 14.8. The Morgan fingerprint density at radius 1 is 1.64 bits per heavy atom. The fourth-order valence-electron chi connectivity index (χ4n) is 1.21. The summed E-state index contributed by atoms with van der Waals surface area (Å²) in [6.07, 6.45) is 8.43. The van der Waals surface area contributed by atoms with Crippen LogP contribution >= 0.6 is 0 Å². The summed E-state index contributed by atoms with van der Waals surface area (Å²) in [4.78, 5) is 7.91. The molecular weight excluding hydrogens is 136 g/mol. The summed E-state index contributed by atoms with van der Waals surface area (Å²) in [5.41, 5.74) is 2.39. The van der Waals surface area contributed by atoms with E-state index in [1.165, 1.54) is 24.8 Å². The topological polar surface area (TPSA) is 25.8 Å². The maximum atomic E-state index is 4.02. The first-order valence-corrected chi connectivity index (χ1v) is 4.05. The van der Waals surface area contributed by atoms with E-state index in [0.717, 1.165) is 11.6 Å². The van der Waals surface area contributed by atoms with E-state index in [1.807, 2.05) is 13.1 Å². The second-order valence-electron chi connectivity index (χ2n) is 3.23. The normalized spacial score (nSPS) is 16.8. The highest BCUT2D eigenvalue weighted by Gasteiger charge is 2.22. The zero-order valence-electron chi connectivity index (χ0n) is 6.67. The summed E-state index contributed by atoms with van der Waals surface area (Å²) in [7, 11) is 0. The first-order valence-electron chi connectivity index (χ1n) is 4.05. The van der Waals surface area contributed by atoms with Crippen molar-refractivity contribution >= 4 is 0 Å². The molecule has 1 heterocycles. The molecule has 0 N–H and O–H groups in total. The Bertz CT molecular complexity index is 253. The van der Waals surface area contributed by atoms with Gasteiger partial charge in [-0.3, -0.25) is 0 Å². The third kappa shape index (κ3) is 1.56. The molecule has 11 heavy (non-hydrogen) atoms. The molecule has 1 aliphatic carbocycles. The SMILES string of the molecule is Cc1n[c]ncc1CC1CC1. The van der Waals surface area contributed by atoms with Gasteiger partial charge >= 0.3 is 0 Å². The predicted octanol–water partition coefficient (Wildman–Crippen LogP) is 1.54. The Labute approximate surface area is 66.7 Å². The van der Waals surface area contributed by atoms with Crippen molar-refractivity contribution in [3.63, 3.8) is 0 Å². The number of aromatic nitrogens is 2. The molecule has 0 bridgehead atoms. The molecule has 0 saturated heterocycles. The van der Waals surface area contributed by atoms with Gasteiger partial charge < -0.3 is 0 Å². The molecule has 2 heteroatoms. The summed E-state index contributed by atoms with van der Waals surface area (Å²) < 4.78 is 0. The maximum Gasteiger partial charge on any atom is 0.197 e. The quantitative estimate of drug-likeness (QED) is 0.634. The Hall–Kier alpha value is -0.920. The van der Waals surface area contributed by atoms with Gasteiger partial charge in [0.05, 0.1) is 0 Å². The smallest absolute Gasteiger partial charge is 0.197 e. The monoisotopic (exact) mass is 147 g/mol. The molecule has 2 nitrogen and oxygen atoms in total. The second kappa shape index (κ2) is 2.61. The molecular formula is C9H11N2. The number of rotatable bonds is 2. The molecule has 0 aromatic carbocycles. The van der Waals surface area contributed by atoms with Crippen LogP contribution in [0.1, 0.15) is 24.1 Å². The van der Waals surface area contributed by atoms with Crippen LogP contribution in [-0.4, -0.2) is 9.97 Å². The van der Waals surface area contributed by atoms with Crippen LogP contribution in [0.4, 0.5) is 0 Å². The van der Waals surface area contributed by atoms with Crippen LogP contribution in [-0.2, 0) is 6.42 Å². The minimum absolute atomic E-state index is 0.916. The van der Waals surface area contributed by atoms with Crippen molar-refractivity contribution < 1.29 is 0 Å². The molecule has 0 atom stereocenters. The van der Waals surface area contributed by atoms with Gasteiger partial charge in [-0.15, -0.1) is 0 Å². The fourth-order valence-corrected chi connectivity index (χ4v) is 1.21. The summed E-state index contributed by atoms with van der Waals surface area (Å²) in [6, 6.07) is 0. The Morgan fingerprint density at radius 2 is 2.45 bits per heavy atom. The van der Waals surface area contributed by atoms with Gasteiger partial charge in [0.1, 0.15) is 0 Å². The van der Waals surface area contributed by atoms with E-state index in [4.69, 9.17) is 0 Å². The standard InChI is InChI=1S/C9H11N2/c1-7-9(4-8-2-3-8)5-10-6-11-7/h5,8H,2-4H2,1H3. The largest absolute Gasteiger partial charge is 0.233 e. The van der Waals surface area contributed by atoms with Gasteiger partial charge in [0, 0.05) is 11.9 Å². The van der Waals surface area contributed by atoms with Crippen molar-refractivity contribution in [1.82, 2.24) is 9.97 Å². The summed E-state index contributed by atoms with van der Waals surface area (Å²) in [5, 5.41) is 0. The molecule has 0 spiro atoms. The van der Waals surface area contributed by atoms with Crippen molar-refractivity contribution in [3.8, 4) is 0 Å². The first-order chi connectivity index (χ1) is 5.36. The Kier molecular flexibility index (Phi) is 1.60. The predicted molar refractivity (Wildman–Crippen MR) is 42.0 cm³/mol. The Balaban J connectivity index is 2.15. The van der Waals surface area contributed by atoms with Crippen molar-refractivity contribution in [2.45, 2.75) is 26.2 Å². The van der Waals surface area contributed by atoms with Gasteiger partial charge in [-0.25, -0.2) is 9.97 Å². The van der Waals surface area contributed by atoms with E-state index in [2.05, 4.69) is 16.3 Å². The van der Waals surface area contributed by atoms with Crippen molar-refractivity contribution in [2.75, 3.05) is 0 Å². The van der Waals surface area contributed by atoms with Crippen molar-refractivity contribution in [1.29, 1.82) is 0 Å². The molecule has 1 aliphatic rings. The average molecular weight is 147 g/mol.